The Morgan fingerprint density at radius 1 is 1.53 bits per heavy atom. The van der Waals surface area contributed by atoms with Crippen molar-refractivity contribution in [2.75, 3.05) is 7.11 Å². The topological polar surface area (TPSA) is 58.6 Å². The van der Waals surface area contributed by atoms with Crippen LogP contribution in [-0.4, -0.2) is 24.2 Å². The van der Waals surface area contributed by atoms with Gasteiger partial charge in [0.25, 0.3) is 0 Å². The number of hydrogen-bond acceptors (Lipinski definition) is 4. The van der Waals surface area contributed by atoms with E-state index in [1.807, 2.05) is 13.8 Å². The molecule has 0 aromatic heterocycles. The van der Waals surface area contributed by atoms with Gasteiger partial charge in [-0.2, -0.15) is 0 Å². The lowest BCUT2D eigenvalue weighted by Gasteiger charge is -2.22. The van der Waals surface area contributed by atoms with Gasteiger partial charge in [-0.05, 0) is 23.6 Å². The van der Waals surface area contributed by atoms with Crippen LogP contribution in [0.5, 0.6) is 5.75 Å². The average molecular weight is 286 g/mol. The van der Waals surface area contributed by atoms with Crippen LogP contribution in [0.15, 0.2) is 18.2 Å². The lowest BCUT2D eigenvalue weighted by Crippen LogP contribution is -2.42. The lowest BCUT2D eigenvalue weighted by atomic mass is 9.99. The third-order valence-electron chi connectivity index (χ3n) is 3.21. The van der Waals surface area contributed by atoms with E-state index in [0.717, 1.165) is 12.0 Å². The van der Waals surface area contributed by atoms with E-state index < -0.39 is 0 Å². The van der Waals surface area contributed by atoms with Crippen molar-refractivity contribution >= 4 is 17.6 Å². The van der Waals surface area contributed by atoms with E-state index in [-0.39, 0.29) is 23.7 Å². The number of aromatic hydroxyl groups is 1. The minimum Gasteiger partial charge on any atom is -0.506 e. The van der Waals surface area contributed by atoms with Gasteiger partial charge in [0.05, 0.1) is 12.1 Å². The number of halogens is 1. The predicted octanol–water partition coefficient (Wildman–Crippen LogP) is 2.72. The molecule has 0 saturated heterocycles. The maximum absolute atomic E-state index is 11.7. The Labute approximate surface area is 118 Å². The van der Waals surface area contributed by atoms with Crippen LogP contribution < -0.4 is 5.32 Å². The molecule has 1 rings (SSSR count). The maximum Gasteiger partial charge on any atom is 0.323 e. The highest BCUT2D eigenvalue weighted by molar-refractivity contribution is 6.32. The molecule has 0 aliphatic carbocycles. The fraction of sp³-hybridized carbons (Fsp3) is 0.500. The maximum atomic E-state index is 11.7. The van der Waals surface area contributed by atoms with Crippen molar-refractivity contribution in [3.8, 4) is 5.75 Å². The van der Waals surface area contributed by atoms with E-state index in [1.54, 1.807) is 12.1 Å². The fourth-order valence-corrected chi connectivity index (χ4v) is 1.97. The van der Waals surface area contributed by atoms with Crippen molar-refractivity contribution in [1.29, 1.82) is 0 Å². The first-order valence-electron chi connectivity index (χ1n) is 6.28. The van der Waals surface area contributed by atoms with Crippen LogP contribution in [0.1, 0.15) is 25.8 Å². The first-order valence-corrected chi connectivity index (χ1v) is 6.66. The number of carbonyl (C=O) groups excluding carboxylic acids is 1. The number of carbonyl (C=O) groups is 1. The van der Waals surface area contributed by atoms with Crippen LogP contribution in [0.2, 0.25) is 5.02 Å². The van der Waals surface area contributed by atoms with Gasteiger partial charge in [0, 0.05) is 6.54 Å². The minimum absolute atomic E-state index is 0.0526. The Balaban J connectivity index is 2.70. The molecule has 0 saturated carbocycles. The Bertz CT molecular complexity index is 437. The number of esters is 1. The summed E-state index contributed by atoms with van der Waals surface area (Å²) in [4.78, 5) is 11.7. The van der Waals surface area contributed by atoms with Gasteiger partial charge in [-0.3, -0.25) is 4.79 Å². The molecule has 0 amide bonds. The van der Waals surface area contributed by atoms with E-state index in [0.29, 0.717) is 11.6 Å². The summed E-state index contributed by atoms with van der Waals surface area (Å²) >= 11 is 5.84. The van der Waals surface area contributed by atoms with E-state index in [9.17, 15) is 9.90 Å². The summed E-state index contributed by atoms with van der Waals surface area (Å²) in [5.41, 5.74) is 0.903. The van der Waals surface area contributed by atoms with E-state index in [4.69, 9.17) is 16.3 Å². The lowest BCUT2D eigenvalue weighted by molar-refractivity contribution is -0.144. The number of ether oxygens (including phenoxy) is 1. The van der Waals surface area contributed by atoms with Crippen LogP contribution in [0.25, 0.3) is 0 Å². The third kappa shape index (κ3) is 4.40. The molecule has 2 N–H and O–H groups in total. The Kier molecular flexibility index (Phi) is 6.12. The normalized spacial score (nSPS) is 13.9. The van der Waals surface area contributed by atoms with Gasteiger partial charge in [-0.1, -0.05) is 37.9 Å². The highest BCUT2D eigenvalue weighted by Gasteiger charge is 2.24. The van der Waals surface area contributed by atoms with Crippen molar-refractivity contribution in [3.63, 3.8) is 0 Å². The summed E-state index contributed by atoms with van der Waals surface area (Å²) < 4.78 is 4.80. The zero-order chi connectivity index (χ0) is 14.4. The predicted molar refractivity (Wildman–Crippen MR) is 75.2 cm³/mol. The van der Waals surface area contributed by atoms with Crippen LogP contribution >= 0.6 is 11.6 Å². The largest absolute Gasteiger partial charge is 0.506 e. The van der Waals surface area contributed by atoms with Gasteiger partial charge in [0.15, 0.2) is 0 Å². The number of rotatable bonds is 6. The molecule has 0 aliphatic rings. The highest BCUT2D eigenvalue weighted by Crippen LogP contribution is 2.23. The van der Waals surface area contributed by atoms with Crippen LogP contribution in [-0.2, 0) is 16.1 Å². The quantitative estimate of drug-likeness (QED) is 0.789. The van der Waals surface area contributed by atoms with Crippen LogP contribution in [0.4, 0.5) is 0 Å². The summed E-state index contributed by atoms with van der Waals surface area (Å²) in [5, 5.41) is 12.8. The van der Waals surface area contributed by atoms with Crippen molar-refractivity contribution in [3.05, 3.63) is 28.8 Å². The second-order valence-corrected chi connectivity index (χ2v) is 4.96. The molecule has 106 valence electrons. The Hall–Kier alpha value is -1.26. The molecule has 0 spiro atoms. The molecule has 0 aliphatic heterocycles. The minimum atomic E-state index is -0.345. The molecule has 1 aromatic rings. The number of phenols is 1. The molecular weight excluding hydrogens is 266 g/mol. The highest BCUT2D eigenvalue weighted by atomic mass is 35.5. The van der Waals surface area contributed by atoms with Crippen molar-refractivity contribution in [1.82, 2.24) is 5.32 Å². The second kappa shape index (κ2) is 7.36. The van der Waals surface area contributed by atoms with Crippen molar-refractivity contribution in [2.45, 2.75) is 32.9 Å². The molecule has 0 fully saturated rings. The van der Waals surface area contributed by atoms with Crippen LogP contribution in [0, 0.1) is 5.92 Å². The SMILES string of the molecule is CCC(C)C(NCc1ccc(O)c(Cl)c1)C(=O)OC. The summed E-state index contributed by atoms with van der Waals surface area (Å²) in [6.45, 7) is 4.52. The van der Waals surface area contributed by atoms with Gasteiger partial charge in [-0.25, -0.2) is 0 Å². The number of phenolic OH excluding ortho intramolecular Hbond substituents is 1. The van der Waals surface area contributed by atoms with E-state index >= 15 is 0 Å². The Morgan fingerprint density at radius 2 is 2.21 bits per heavy atom. The summed E-state index contributed by atoms with van der Waals surface area (Å²) in [5.74, 6) is -0.0314. The molecule has 2 unspecified atom stereocenters. The fourth-order valence-electron chi connectivity index (χ4n) is 1.77. The number of nitrogens with one attached hydrogen (secondary N) is 1. The summed E-state index contributed by atoms with van der Waals surface area (Å²) in [6, 6.07) is 4.63. The van der Waals surface area contributed by atoms with Gasteiger partial charge < -0.3 is 15.2 Å². The molecule has 0 bridgehead atoms. The van der Waals surface area contributed by atoms with Crippen molar-refractivity contribution in [2.24, 2.45) is 5.92 Å². The molecule has 1 aromatic carbocycles. The molecular formula is C14H20ClNO3. The van der Waals surface area contributed by atoms with Gasteiger partial charge >= 0.3 is 5.97 Å². The van der Waals surface area contributed by atoms with E-state index in [1.165, 1.54) is 13.2 Å². The first kappa shape index (κ1) is 15.8. The number of methoxy groups -OCH3 is 1. The molecule has 0 radical (unpaired) electrons. The summed E-state index contributed by atoms with van der Waals surface area (Å²) in [6.07, 6.45) is 0.878. The second-order valence-electron chi connectivity index (χ2n) is 4.55. The first-order chi connectivity index (χ1) is 8.99. The number of benzene rings is 1. The molecule has 4 nitrogen and oxygen atoms in total. The Morgan fingerprint density at radius 3 is 2.74 bits per heavy atom. The molecule has 2 atom stereocenters. The molecule has 5 heteroatoms. The monoisotopic (exact) mass is 285 g/mol. The van der Waals surface area contributed by atoms with E-state index in [2.05, 4.69) is 5.32 Å². The van der Waals surface area contributed by atoms with Crippen LogP contribution in [0.3, 0.4) is 0 Å². The third-order valence-corrected chi connectivity index (χ3v) is 3.51. The zero-order valence-electron chi connectivity index (χ0n) is 11.4. The summed E-state index contributed by atoms with van der Waals surface area (Å²) in [7, 11) is 1.39. The molecule has 19 heavy (non-hydrogen) atoms. The van der Waals surface area contributed by atoms with Crippen molar-refractivity contribution < 1.29 is 14.6 Å². The smallest absolute Gasteiger partial charge is 0.323 e. The van der Waals surface area contributed by atoms with Gasteiger partial charge in [0.1, 0.15) is 11.8 Å². The van der Waals surface area contributed by atoms with Gasteiger partial charge in [-0.15, -0.1) is 0 Å². The standard InChI is InChI=1S/C14H20ClNO3/c1-4-9(2)13(14(18)19-3)16-8-10-5-6-12(17)11(15)7-10/h5-7,9,13,16-17H,4,8H2,1-3H3. The average Bonchev–Trinajstić information content (AvgIpc) is 2.42. The number of hydrogen-bond donors (Lipinski definition) is 2. The molecule has 0 heterocycles. The van der Waals surface area contributed by atoms with Gasteiger partial charge in [0.2, 0.25) is 0 Å². The zero-order valence-corrected chi connectivity index (χ0v) is 12.2.